The first-order valence-electron chi connectivity index (χ1n) is 8.14. The van der Waals surface area contributed by atoms with E-state index in [0.717, 1.165) is 36.0 Å². The van der Waals surface area contributed by atoms with E-state index >= 15 is 0 Å². The van der Waals surface area contributed by atoms with Gasteiger partial charge >= 0.3 is 0 Å². The minimum Gasteiger partial charge on any atom is -0.376 e. The Labute approximate surface area is 142 Å². The fourth-order valence-electron chi connectivity index (χ4n) is 3.00. The van der Waals surface area contributed by atoms with Crippen LogP contribution in [0.2, 0.25) is 0 Å². The van der Waals surface area contributed by atoms with Crippen LogP contribution in [0.15, 0.2) is 35.2 Å². The van der Waals surface area contributed by atoms with Crippen molar-refractivity contribution in [3.63, 3.8) is 0 Å². The third-order valence-corrected chi connectivity index (χ3v) is 4.28. The van der Waals surface area contributed by atoms with Gasteiger partial charge in [0, 0.05) is 12.2 Å². The van der Waals surface area contributed by atoms with Crippen LogP contribution in [-0.4, -0.2) is 47.8 Å². The first-order valence-corrected chi connectivity index (χ1v) is 8.14. The number of fused-ring (bicyclic) bond motifs is 1. The second-order valence-electron chi connectivity index (χ2n) is 6.02. The highest BCUT2D eigenvalue weighted by molar-refractivity contribution is 5.80. The molecule has 0 aliphatic carbocycles. The summed E-state index contributed by atoms with van der Waals surface area (Å²) in [6.07, 6.45) is 5.81. The molecule has 0 spiro atoms. The maximum atomic E-state index is 5.61. The van der Waals surface area contributed by atoms with Crippen molar-refractivity contribution in [1.29, 1.82) is 0 Å². The zero-order chi connectivity index (χ0) is 16.6. The summed E-state index contributed by atoms with van der Waals surface area (Å²) in [5, 5.41) is 12.3. The topological polar surface area (TPSA) is 108 Å². The molecule has 0 amide bonds. The highest BCUT2D eigenvalue weighted by Crippen LogP contribution is 2.23. The van der Waals surface area contributed by atoms with Gasteiger partial charge in [-0.15, -0.1) is 5.10 Å². The molecule has 1 aliphatic heterocycles. The second kappa shape index (κ2) is 5.78. The lowest BCUT2D eigenvalue weighted by Gasteiger charge is -2.07. The van der Waals surface area contributed by atoms with Gasteiger partial charge in [0.05, 0.1) is 36.2 Å². The van der Waals surface area contributed by atoms with Crippen molar-refractivity contribution < 1.29 is 9.26 Å². The van der Waals surface area contributed by atoms with Gasteiger partial charge in [0.1, 0.15) is 0 Å². The summed E-state index contributed by atoms with van der Waals surface area (Å²) in [4.78, 5) is 11.7. The molecular weight excluding hydrogens is 322 g/mol. The lowest BCUT2D eigenvalue weighted by Crippen LogP contribution is -2.15. The number of benzene rings is 1. The van der Waals surface area contributed by atoms with Crippen molar-refractivity contribution in [1.82, 2.24) is 35.1 Å². The molecule has 1 unspecified atom stereocenters. The number of hydrogen-bond acceptors (Lipinski definition) is 7. The Morgan fingerprint density at radius 2 is 2.32 bits per heavy atom. The Balaban J connectivity index is 1.39. The molecule has 1 atom stereocenters. The maximum absolute atomic E-state index is 5.61. The largest absolute Gasteiger partial charge is 0.376 e. The van der Waals surface area contributed by atoms with E-state index in [2.05, 4.69) is 30.4 Å². The van der Waals surface area contributed by atoms with Gasteiger partial charge < -0.3 is 14.2 Å². The van der Waals surface area contributed by atoms with Crippen LogP contribution >= 0.6 is 0 Å². The molecule has 5 rings (SSSR count). The van der Waals surface area contributed by atoms with Crippen molar-refractivity contribution in [3.8, 4) is 23.0 Å². The Kier molecular flexibility index (Phi) is 3.30. The molecule has 4 aromatic rings. The molecule has 126 valence electrons. The quantitative estimate of drug-likeness (QED) is 0.607. The number of nitrogens with zero attached hydrogens (tertiary/aromatic N) is 6. The number of ether oxygens (including phenoxy) is 1. The molecule has 3 aromatic heterocycles. The fourth-order valence-corrected chi connectivity index (χ4v) is 3.00. The van der Waals surface area contributed by atoms with Crippen LogP contribution in [0, 0.1) is 0 Å². The summed E-state index contributed by atoms with van der Waals surface area (Å²) < 4.78 is 12.7. The number of hydrogen-bond donors (Lipinski definition) is 1. The fraction of sp³-hybridized carbons (Fsp3) is 0.312. The molecule has 1 aromatic carbocycles. The molecule has 0 radical (unpaired) electrons. The summed E-state index contributed by atoms with van der Waals surface area (Å²) in [5.41, 5.74) is 3.22. The van der Waals surface area contributed by atoms with E-state index in [-0.39, 0.29) is 6.10 Å². The number of aromatic amines is 1. The lowest BCUT2D eigenvalue weighted by atomic mass is 10.2. The van der Waals surface area contributed by atoms with Crippen LogP contribution in [-0.2, 0) is 11.3 Å². The average Bonchev–Trinajstić information content (AvgIpc) is 3.41. The van der Waals surface area contributed by atoms with Gasteiger partial charge in [-0.25, -0.2) is 9.67 Å². The van der Waals surface area contributed by atoms with E-state index in [9.17, 15) is 0 Å². The summed E-state index contributed by atoms with van der Waals surface area (Å²) in [5.74, 6) is 0.846. The Morgan fingerprint density at radius 1 is 1.32 bits per heavy atom. The van der Waals surface area contributed by atoms with E-state index in [0.29, 0.717) is 24.0 Å². The number of H-pyrrole nitrogens is 1. The van der Waals surface area contributed by atoms with Gasteiger partial charge in [-0.2, -0.15) is 4.98 Å². The van der Waals surface area contributed by atoms with Crippen molar-refractivity contribution >= 4 is 11.0 Å². The van der Waals surface area contributed by atoms with Crippen molar-refractivity contribution in [2.24, 2.45) is 0 Å². The normalized spacial score (nSPS) is 17.5. The predicted octanol–water partition coefficient (Wildman–Crippen LogP) is 2.05. The molecule has 0 bridgehead atoms. The molecule has 1 N–H and O–H groups in total. The summed E-state index contributed by atoms with van der Waals surface area (Å²) in [6, 6.07) is 5.76. The molecule has 4 heterocycles. The van der Waals surface area contributed by atoms with E-state index in [1.165, 1.54) is 0 Å². The van der Waals surface area contributed by atoms with Gasteiger partial charge in [-0.1, -0.05) is 10.4 Å². The van der Waals surface area contributed by atoms with Crippen LogP contribution in [0.4, 0.5) is 0 Å². The minimum absolute atomic E-state index is 0.203. The van der Waals surface area contributed by atoms with Crippen LogP contribution < -0.4 is 0 Å². The minimum atomic E-state index is 0.203. The van der Waals surface area contributed by atoms with Gasteiger partial charge in [-0.3, -0.25) is 0 Å². The Morgan fingerprint density at radius 3 is 3.24 bits per heavy atom. The van der Waals surface area contributed by atoms with Crippen LogP contribution in [0.5, 0.6) is 0 Å². The van der Waals surface area contributed by atoms with Crippen molar-refractivity contribution in [2.45, 2.75) is 25.5 Å². The number of aromatic nitrogens is 7. The van der Waals surface area contributed by atoms with Crippen molar-refractivity contribution in [2.75, 3.05) is 6.61 Å². The van der Waals surface area contributed by atoms with Gasteiger partial charge in [0.2, 0.25) is 5.82 Å². The maximum Gasteiger partial charge on any atom is 0.280 e. The van der Waals surface area contributed by atoms with E-state index in [1.54, 1.807) is 17.2 Å². The third kappa shape index (κ3) is 2.68. The van der Waals surface area contributed by atoms with E-state index in [1.807, 2.05) is 18.2 Å². The Bertz CT molecular complexity index is 1010. The average molecular weight is 337 g/mol. The zero-order valence-electron chi connectivity index (χ0n) is 13.3. The van der Waals surface area contributed by atoms with Gasteiger partial charge in [0.25, 0.3) is 5.89 Å². The molecule has 25 heavy (non-hydrogen) atoms. The molecular formula is C16H15N7O2. The summed E-state index contributed by atoms with van der Waals surface area (Å²) >= 11 is 0. The first-order chi connectivity index (χ1) is 12.3. The Hall–Kier alpha value is -3.07. The molecule has 1 saturated heterocycles. The van der Waals surface area contributed by atoms with Crippen LogP contribution in [0.3, 0.4) is 0 Å². The highest BCUT2D eigenvalue weighted by atomic mass is 16.5. The predicted molar refractivity (Wildman–Crippen MR) is 87.4 cm³/mol. The van der Waals surface area contributed by atoms with Gasteiger partial charge in [-0.05, 0) is 31.0 Å². The summed E-state index contributed by atoms with van der Waals surface area (Å²) in [6.45, 7) is 1.50. The molecule has 1 aliphatic rings. The smallest absolute Gasteiger partial charge is 0.280 e. The number of rotatable bonds is 4. The SMILES string of the molecule is c1nc2ccc(-c3noc(-c4cn(CC5CCCO5)nn4)n3)cc2[nH]1. The molecule has 9 nitrogen and oxygen atoms in total. The number of nitrogens with one attached hydrogen (secondary N) is 1. The van der Waals surface area contributed by atoms with Crippen LogP contribution in [0.25, 0.3) is 34.0 Å². The standard InChI is InChI=1S/C16H15N7O2/c1-2-11(24-5-1)7-23-8-14(20-22-23)16-19-15(21-25-16)10-3-4-12-13(6-10)18-9-17-12/h3-4,6,8-9,11H,1-2,5,7H2,(H,17,18). The van der Waals surface area contributed by atoms with Crippen LogP contribution in [0.1, 0.15) is 12.8 Å². The summed E-state index contributed by atoms with van der Waals surface area (Å²) in [7, 11) is 0. The molecule has 9 heteroatoms. The third-order valence-electron chi connectivity index (χ3n) is 4.28. The molecule has 1 fully saturated rings. The first kappa shape index (κ1) is 14.3. The number of imidazole rings is 1. The van der Waals surface area contributed by atoms with Crippen molar-refractivity contribution in [3.05, 3.63) is 30.7 Å². The monoisotopic (exact) mass is 337 g/mol. The second-order valence-corrected chi connectivity index (χ2v) is 6.02. The van der Waals surface area contributed by atoms with Gasteiger partial charge in [0.15, 0.2) is 5.69 Å². The highest BCUT2D eigenvalue weighted by Gasteiger charge is 2.19. The van der Waals surface area contributed by atoms with E-state index < -0.39 is 0 Å². The van der Waals surface area contributed by atoms with E-state index in [4.69, 9.17) is 9.26 Å². The lowest BCUT2D eigenvalue weighted by molar-refractivity contribution is 0.0935. The molecule has 0 saturated carbocycles. The zero-order valence-corrected chi connectivity index (χ0v) is 13.3.